The molecule has 2 aliphatic heterocycles. The first kappa shape index (κ1) is 12.3. The van der Waals surface area contributed by atoms with Crippen LogP contribution in [-0.2, 0) is 9.47 Å². The third kappa shape index (κ3) is 3.17. The van der Waals surface area contributed by atoms with Crippen molar-refractivity contribution in [3.8, 4) is 0 Å². The highest BCUT2D eigenvalue weighted by atomic mass is 16.7. The molecule has 0 aliphatic carbocycles. The summed E-state index contributed by atoms with van der Waals surface area (Å²) in [5.74, 6) is 0. The zero-order valence-corrected chi connectivity index (χ0v) is 10.2. The van der Waals surface area contributed by atoms with Gasteiger partial charge in [-0.15, -0.1) is 0 Å². The van der Waals surface area contributed by atoms with Gasteiger partial charge in [-0.05, 0) is 32.7 Å². The van der Waals surface area contributed by atoms with Gasteiger partial charge in [-0.25, -0.2) is 0 Å². The fraction of sp³-hybridized carbons (Fsp3) is 1.00. The molecule has 2 fully saturated rings. The molecule has 0 aromatic rings. The molecule has 2 N–H and O–H groups in total. The van der Waals surface area contributed by atoms with Crippen molar-refractivity contribution in [3.63, 3.8) is 0 Å². The van der Waals surface area contributed by atoms with E-state index in [2.05, 4.69) is 11.8 Å². The fourth-order valence-corrected chi connectivity index (χ4v) is 2.75. The lowest BCUT2D eigenvalue weighted by Gasteiger charge is -2.40. The van der Waals surface area contributed by atoms with E-state index in [1.165, 1.54) is 25.8 Å². The SMILES string of the molecule is CC(N)C1CCCCN1CC1CCOCO1. The molecule has 16 heavy (non-hydrogen) atoms. The molecule has 3 atom stereocenters. The van der Waals surface area contributed by atoms with Crippen LogP contribution in [0, 0.1) is 0 Å². The van der Waals surface area contributed by atoms with Crippen molar-refractivity contribution >= 4 is 0 Å². The highest BCUT2D eigenvalue weighted by Crippen LogP contribution is 2.20. The van der Waals surface area contributed by atoms with Crippen molar-refractivity contribution in [3.05, 3.63) is 0 Å². The molecule has 0 radical (unpaired) electrons. The molecule has 0 aromatic carbocycles. The number of likely N-dealkylation sites (tertiary alicyclic amines) is 1. The maximum absolute atomic E-state index is 6.06. The summed E-state index contributed by atoms with van der Waals surface area (Å²) in [6.45, 7) is 5.61. The quantitative estimate of drug-likeness (QED) is 0.781. The second-order valence-corrected chi connectivity index (χ2v) is 5.02. The summed E-state index contributed by atoms with van der Waals surface area (Å²) in [6, 6.07) is 0.806. The number of hydrogen-bond acceptors (Lipinski definition) is 4. The molecule has 2 saturated heterocycles. The van der Waals surface area contributed by atoms with Crippen molar-refractivity contribution in [2.45, 2.75) is 50.8 Å². The van der Waals surface area contributed by atoms with Crippen LogP contribution in [0.5, 0.6) is 0 Å². The maximum Gasteiger partial charge on any atom is 0.147 e. The minimum absolute atomic E-state index is 0.264. The van der Waals surface area contributed by atoms with Crippen LogP contribution in [0.3, 0.4) is 0 Å². The Bertz CT molecular complexity index is 205. The Balaban J connectivity index is 1.85. The lowest BCUT2D eigenvalue weighted by Crippen LogP contribution is -2.52. The topological polar surface area (TPSA) is 47.7 Å². The third-order valence-electron chi connectivity index (χ3n) is 3.68. The van der Waals surface area contributed by atoms with Crippen LogP contribution in [0.25, 0.3) is 0 Å². The van der Waals surface area contributed by atoms with Gasteiger partial charge in [0, 0.05) is 18.6 Å². The summed E-state index contributed by atoms with van der Waals surface area (Å²) >= 11 is 0. The number of ether oxygens (including phenoxy) is 2. The molecule has 0 saturated carbocycles. The van der Waals surface area contributed by atoms with Crippen LogP contribution in [0.4, 0.5) is 0 Å². The normalized spacial score (nSPS) is 34.9. The van der Waals surface area contributed by atoms with E-state index in [4.69, 9.17) is 15.2 Å². The van der Waals surface area contributed by atoms with Gasteiger partial charge in [0.2, 0.25) is 0 Å². The Labute approximate surface area is 98.1 Å². The van der Waals surface area contributed by atoms with Gasteiger partial charge >= 0.3 is 0 Å². The lowest BCUT2D eigenvalue weighted by molar-refractivity contribution is -0.147. The molecule has 0 aromatic heterocycles. The Morgan fingerprint density at radius 3 is 2.94 bits per heavy atom. The largest absolute Gasteiger partial charge is 0.355 e. The van der Waals surface area contributed by atoms with Crippen molar-refractivity contribution in [1.82, 2.24) is 4.90 Å². The smallest absolute Gasteiger partial charge is 0.147 e. The van der Waals surface area contributed by atoms with E-state index in [9.17, 15) is 0 Å². The molecule has 2 heterocycles. The summed E-state index contributed by atoms with van der Waals surface area (Å²) < 4.78 is 10.8. The number of nitrogens with two attached hydrogens (primary N) is 1. The van der Waals surface area contributed by atoms with Gasteiger partial charge in [-0.1, -0.05) is 6.42 Å². The average molecular weight is 228 g/mol. The average Bonchev–Trinajstić information content (AvgIpc) is 2.31. The predicted molar refractivity (Wildman–Crippen MR) is 63.2 cm³/mol. The van der Waals surface area contributed by atoms with Crippen molar-refractivity contribution in [2.24, 2.45) is 5.73 Å². The first-order valence-corrected chi connectivity index (χ1v) is 6.46. The van der Waals surface area contributed by atoms with E-state index >= 15 is 0 Å². The second-order valence-electron chi connectivity index (χ2n) is 5.02. The fourth-order valence-electron chi connectivity index (χ4n) is 2.75. The Morgan fingerprint density at radius 2 is 2.25 bits per heavy atom. The number of nitrogens with zero attached hydrogens (tertiary/aromatic N) is 1. The van der Waals surface area contributed by atoms with E-state index in [0.717, 1.165) is 19.6 Å². The Morgan fingerprint density at radius 1 is 1.38 bits per heavy atom. The molecular formula is C12H24N2O2. The number of piperidine rings is 1. The van der Waals surface area contributed by atoms with Crippen LogP contribution in [0.1, 0.15) is 32.6 Å². The van der Waals surface area contributed by atoms with Gasteiger partial charge in [0.25, 0.3) is 0 Å². The van der Waals surface area contributed by atoms with E-state index in [1.807, 2.05) is 0 Å². The van der Waals surface area contributed by atoms with E-state index in [-0.39, 0.29) is 6.04 Å². The van der Waals surface area contributed by atoms with Crippen LogP contribution >= 0.6 is 0 Å². The van der Waals surface area contributed by atoms with Gasteiger partial charge in [-0.3, -0.25) is 4.90 Å². The van der Waals surface area contributed by atoms with Crippen LogP contribution in [0.2, 0.25) is 0 Å². The first-order valence-electron chi connectivity index (χ1n) is 6.46. The molecular weight excluding hydrogens is 204 g/mol. The minimum Gasteiger partial charge on any atom is -0.355 e. The lowest BCUT2D eigenvalue weighted by atomic mass is 9.96. The third-order valence-corrected chi connectivity index (χ3v) is 3.68. The molecule has 0 amide bonds. The number of rotatable bonds is 3. The summed E-state index contributed by atoms with van der Waals surface area (Å²) in [6.07, 6.45) is 5.21. The van der Waals surface area contributed by atoms with E-state index in [1.54, 1.807) is 0 Å². The van der Waals surface area contributed by atoms with Gasteiger partial charge in [0.1, 0.15) is 6.79 Å². The highest BCUT2D eigenvalue weighted by molar-refractivity contribution is 4.84. The summed E-state index contributed by atoms with van der Waals surface area (Å²) in [5, 5.41) is 0. The molecule has 4 nitrogen and oxygen atoms in total. The molecule has 94 valence electrons. The first-order chi connectivity index (χ1) is 7.77. The van der Waals surface area contributed by atoms with Crippen molar-refractivity contribution < 1.29 is 9.47 Å². The highest BCUT2D eigenvalue weighted by Gasteiger charge is 2.28. The zero-order valence-electron chi connectivity index (χ0n) is 10.2. The van der Waals surface area contributed by atoms with Gasteiger partial charge in [0.05, 0.1) is 12.7 Å². The van der Waals surface area contributed by atoms with Crippen molar-refractivity contribution in [2.75, 3.05) is 26.5 Å². The van der Waals surface area contributed by atoms with Crippen LogP contribution < -0.4 is 5.73 Å². The standard InChI is InChI=1S/C12H24N2O2/c1-10(13)12-4-2-3-6-14(12)8-11-5-7-15-9-16-11/h10-12H,2-9,13H2,1H3. The Kier molecular flexibility index (Phi) is 4.58. The van der Waals surface area contributed by atoms with E-state index < -0.39 is 0 Å². The second kappa shape index (κ2) is 5.96. The molecule has 0 bridgehead atoms. The zero-order chi connectivity index (χ0) is 11.4. The van der Waals surface area contributed by atoms with Gasteiger partial charge < -0.3 is 15.2 Å². The summed E-state index contributed by atoms with van der Waals surface area (Å²) in [5.41, 5.74) is 6.06. The predicted octanol–water partition coefficient (Wildman–Crippen LogP) is 0.951. The Hall–Kier alpha value is -0.160. The molecule has 2 aliphatic rings. The molecule has 0 spiro atoms. The molecule has 3 unspecified atom stereocenters. The summed E-state index contributed by atoms with van der Waals surface area (Å²) in [7, 11) is 0. The maximum atomic E-state index is 6.06. The molecule has 4 heteroatoms. The summed E-state index contributed by atoms with van der Waals surface area (Å²) in [4.78, 5) is 2.52. The number of hydrogen-bond donors (Lipinski definition) is 1. The van der Waals surface area contributed by atoms with Gasteiger partial charge in [0.15, 0.2) is 0 Å². The monoisotopic (exact) mass is 228 g/mol. The van der Waals surface area contributed by atoms with Gasteiger partial charge in [-0.2, -0.15) is 0 Å². The minimum atomic E-state index is 0.264. The van der Waals surface area contributed by atoms with Crippen molar-refractivity contribution in [1.29, 1.82) is 0 Å². The molecule has 2 rings (SSSR count). The van der Waals surface area contributed by atoms with E-state index in [0.29, 0.717) is 18.9 Å². The van der Waals surface area contributed by atoms with Crippen LogP contribution in [0.15, 0.2) is 0 Å². The van der Waals surface area contributed by atoms with Crippen LogP contribution in [-0.4, -0.2) is 49.6 Å².